The van der Waals surface area contributed by atoms with E-state index in [0.29, 0.717) is 15.7 Å². The van der Waals surface area contributed by atoms with E-state index >= 15 is 0 Å². The minimum atomic E-state index is -0.736. The molecule has 0 aromatic heterocycles. The van der Waals surface area contributed by atoms with Crippen LogP contribution in [0.5, 0.6) is 0 Å². The van der Waals surface area contributed by atoms with Gasteiger partial charge in [-0.3, -0.25) is 4.79 Å². The summed E-state index contributed by atoms with van der Waals surface area (Å²) in [6.45, 7) is 0.143. The smallest absolute Gasteiger partial charge is 0.243 e. The number of carbonyl (C=O) groups excluding carboxylic acids is 1. The highest BCUT2D eigenvalue weighted by molar-refractivity contribution is 6.44. The zero-order valence-electron chi connectivity index (χ0n) is 8.67. The maximum atomic E-state index is 11.5. The van der Waals surface area contributed by atoms with Crippen LogP contribution in [0.25, 0.3) is 0 Å². The third-order valence-electron chi connectivity index (χ3n) is 1.89. The molecule has 0 aliphatic carbocycles. The van der Waals surface area contributed by atoms with Gasteiger partial charge < -0.3 is 15.8 Å². The van der Waals surface area contributed by atoms with E-state index in [1.54, 1.807) is 18.2 Å². The van der Waals surface area contributed by atoms with Crippen LogP contribution in [0.3, 0.4) is 0 Å². The average Bonchev–Trinajstić information content (AvgIpc) is 2.25. The summed E-state index contributed by atoms with van der Waals surface area (Å²) in [4.78, 5) is 11.5. The number of benzene rings is 1. The highest BCUT2D eigenvalue weighted by Gasteiger charge is 2.15. The van der Waals surface area contributed by atoms with Crippen LogP contribution >= 0.6 is 23.2 Å². The topological polar surface area (TPSA) is 64.3 Å². The first kappa shape index (κ1) is 13.3. The number of carbonyl (C=O) groups is 1. The lowest BCUT2D eigenvalue weighted by molar-refractivity contribution is -0.118. The molecule has 0 bridgehead atoms. The molecule has 3 N–H and O–H groups in total. The molecule has 0 saturated heterocycles. The van der Waals surface area contributed by atoms with Crippen LogP contribution in [-0.2, 0) is 9.53 Å². The van der Waals surface area contributed by atoms with Gasteiger partial charge in [0.15, 0.2) is 0 Å². The lowest BCUT2D eigenvalue weighted by Gasteiger charge is -2.12. The summed E-state index contributed by atoms with van der Waals surface area (Å²) >= 11 is 11.7. The number of hydrogen-bond acceptors (Lipinski definition) is 3. The van der Waals surface area contributed by atoms with Crippen molar-refractivity contribution in [2.45, 2.75) is 6.04 Å². The molecule has 6 heteroatoms. The Labute approximate surface area is 104 Å². The Morgan fingerprint density at radius 2 is 2.25 bits per heavy atom. The summed E-state index contributed by atoms with van der Waals surface area (Å²) in [6.07, 6.45) is 0. The number of halogens is 2. The zero-order valence-corrected chi connectivity index (χ0v) is 10.2. The minimum absolute atomic E-state index is 0.143. The molecule has 1 aromatic carbocycles. The first-order valence-electron chi connectivity index (χ1n) is 4.55. The van der Waals surface area contributed by atoms with E-state index in [0.717, 1.165) is 0 Å². The second-order valence-corrected chi connectivity index (χ2v) is 3.94. The number of anilines is 1. The van der Waals surface area contributed by atoms with Gasteiger partial charge in [0.1, 0.15) is 6.04 Å². The van der Waals surface area contributed by atoms with Crippen LogP contribution < -0.4 is 11.1 Å². The number of methoxy groups -OCH3 is 1. The predicted molar refractivity (Wildman–Crippen MR) is 64.9 cm³/mol. The van der Waals surface area contributed by atoms with Gasteiger partial charge in [0.25, 0.3) is 0 Å². The van der Waals surface area contributed by atoms with Gasteiger partial charge >= 0.3 is 0 Å². The summed E-state index contributed by atoms with van der Waals surface area (Å²) < 4.78 is 4.77. The number of hydrogen-bond donors (Lipinski definition) is 2. The van der Waals surface area contributed by atoms with Crippen LogP contribution in [0.15, 0.2) is 18.2 Å². The van der Waals surface area contributed by atoms with E-state index in [1.165, 1.54) is 7.11 Å². The molecule has 1 atom stereocenters. The Kier molecular flexibility index (Phi) is 5.02. The molecular formula is C10H12Cl2N2O2. The fraction of sp³-hybridized carbons (Fsp3) is 0.300. The van der Waals surface area contributed by atoms with E-state index in [4.69, 9.17) is 33.7 Å². The minimum Gasteiger partial charge on any atom is -0.383 e. The molecule has 0 heterocycles. The molecule has 16 heavy (non-hydrogen) atoms. The molecule has 1 amide bonds. The van der Waals surface area contributed by atoms with Gasteiger partial charge in [-0.2, -0.15) is 0 Å². The van der Waals surface area contributed by atoms with Crippen molar-refractivity contribution in [1.82, 2.24) is 0 Å². The number of amides is 1. The average molecular weight is 263 g/mol. The highest BCUT2D eigenvalue weighted by Crippen LogP contribution is 2.29. The van der Waals surface area contributed by atoms with Crippen LogP contribution in [0.2, 0.25) is 10.0 Å². The summed E-state index contributed by atoms with van der Waals surface area (Å²) in [5.74, 6) is -0.369. The Morgan fingerprint density at radius 3 is 2.88 bits per heavy atom. The van der Waals surface area contributed by atoms with Gasteiger partial charge in [-0.15, -0.1) is 0 Å². The second-order valence-electron chi connectivity index (χ2n) is 3.15. The molecule has 1 aromatic rings. The first-order valence-corrected chi connectivity index (χ1v) is 5.31. The molecular weight excluding hydrogens is 251 g/mol. The van der Waals surface area contributed by atoms with E-state index in [9.17, 15) is 4.79 Å². The Bertz CT molecular complexity index is 385. The Hall–Kier alpha value is -0.810. The van der Waals surface area contributed by atoms with Gasteiger partial charge in [0.05, 0.1) is 22.3 Å². The standard InChI is InChI=1S/C10H12Cl2N2O2/c1-16-5-7(13)10(15)14-8-4-2-3-6(11)9(8)12/h2-4,7H,5,13H2,1H3,(H,14,15). The van der Waals surface area contributed by atoms with Crippen LogP contribution in [0.4, 0.5) is 5.69 Å². The third kappa shape index (κ3) is 3.35. The van der Waals surface area contributed by atoms with Gasteiger partial charge in [0, 0.05) is 7.11 Å². The van der Waals surface area contributed by atoms with E-state index < -0.39 is 6.04 Å². The SMILES string of the molecule is COCC(N)C(=O)Nc1cccc(Cl)c1Cl. The van der Waals surface area contributed by atoms with E-state index in [-0.39, 0.29) is 12.5 Å². The number of nitrogens with one attached hydrogen (secondary N) is 1. The van der Waals surface area contributed by atoms with Crippen molar-refractivity contribution in [3.8, 4) is 0 Å². The Morgan fingerprint density at radius 1 is 1.56 bits per heavy atom. The molecule has 0 saturated carbocycles. The molecule has 1 unspecified atom stereocenters. The Balaban J connectivity index is 2.73. The van der Waals surface area contributed by atoms with Crippen molar-refractivity contribution >= 4 is 34.8 Å². The van der Waals surface area contributed by atoms with Crippen molar-refractivity contribution in [3.05, 3.63) is 28.2 Å². The van der Waals surface area contributed by atoms with E-state index in [1.807, 2.05) is 0 Å². The normalized spacial score (nSPS) is 12.2. The lowest BCUT2D eigenvalue weighted by atomic mass is 10.2. The fourth-order valence-corrected chi connectivity index (χ4v) is 1.43. The quantitative estimate of drug-likeness (QED) is 0.872. The molecule has 0 radical (unpaired) electrons. The number of nitrogens with two attached hydrogens (primary N) is 1. The van der Waals surface area contributed by atoms with Crippen molar-refractivity contribution in [1.29, 1.82) is 0 Å². The largest absolute Gasteiger partial charge is 0.383 e. The van der Waals surface area contributed by atoms with Gasteiger partial charge in [-0.05, 0) is 12.1 Å². The summed E-state index contributed by atoms with van der Waals surface area (Å²) in [5, 5.41) is 3.24. The van der Waals surface area contributed by atoms with Gasteiger partial charge in [0.2, 0.25) is 5.91 Å². The summed E-state index contributed by atoms with van der Waals surface area (Å²) in [7, 11) is 1.47. The molecule has 0 fully saturated rings. The highest BCUT2D eigenvalue weighted by atomic mass is 35.5. The maximum Gasteiger partial charge on any atom is 0.243 e. The fourth-order valence-electron chi connectivity index (χ4n) is 1.08. The number of ether oxygens (including phenoxy) is 1. The van der Waals surface area contributed by atoms with Crippen molar-refractivity contribution < 1.29 is 9.53 Å². The van der Waals surface area contributed by atoms with Crippen molar-refractivity contribution in [2.75, 3.05) is 19.0 Å². The molecule has 0 aliphatic rings. The zero-order chi connectivity index (χ0) is 12.1. The molecule has 88 valence electrons. The second kappa shape index (κ2) is 6.06. The lowest BCUT2D eigenvalue weighted by Crippen LogP contribution is -2.39. The molecule has 0 spiro atoms. The van der Waals surface area contributed by atoms with Crippen LogP contribution in [0.1, 0.15) is 0 Å². The van der Waals surface area contributed by atoms with Crippen LogP contribution in [0, 0.1) is 0 Å². The molecule has 4 nitrogen and oxygen atoms in total. The molecule has 1 rings (SSSR count). The monoisotopic (exact) mass is 262 g/mol. The van der Waals surface area contributed by atoms with Crippen LogP contribution in [-0.4, -0.2) is 25.7 Å². The van der Waals surface area contributed by atoms with Gasteiger partial charge in [-0.1, -0.05) is 29.3 Å². The van der Waals surface area contributed by atoms with Gasteiger partial charge in [-0.25, -0.2) is 0 Å². The van der Waals surface area contributed by atoms with E-state index in [2.05, 4.69) is 5.32 Å². The third-order valence-corrected chi connectivity index (χ3v) is 2.71. The van der Waals surface area contributed by atoms with Crippen molar-refractivity contribution in [2.24, 2.45) is 5.73 Å². The maximum absolute atomic E-state index is 11.5. The first-order chi connectivity index (χ1) is 7.56. The predicted octanol–water partition coefficient (Wildman–Crippen LogP) is 1.91. The van der Waals surface area contributed by atoms with Crippen molar-refractivity contribution in [3.63, 3.8) is 0 Å². The summed E-state index contributed by atoms with van der Waals surface area (Å²) in [6, 6.07) is 4.23. The summed E-state index contributed by atoms with van der Waals surface area (Å²) in [5.41, 5.74) is 5.99. The molecule has 0 aliphatic heterocycles. The number of rotatable bonds is 4.